The number of benzene rings is 2. The van der Waals surface area contributed by atoms with Gasteiger partial charge in [0, 0.05) is 0 Å². The molecule has 112 valence electrons. The molecule has 0 aliphatic carbocycles. The van der Waals surface area contributed by atoms with E-state index < -0.39 is 0 Å². The molecule has 0 saturated carbocycles. The van der Waals surface area contributed by atoms with Crippen molar-refractivity contribution in [3.05, 3.63) is 71.8 Å². The molecule has 3 rings (SSSR count). The van der Waals surface area contributed by atoms with Crippen molar-refractivity contribution in [2.24, 2.45) is 0 Å². The van der Waals surface area contributed by atoms with Gasteiger partial charge in [-0.25, -0.2) is 0 Å². The van der Waals surface area contributed by atoms with Crippen LogP contribution in [-0.4, -0.2) is 26.5 Å². The van der Waals surface area contributed by atoms with Crippen molar-refractivity contribution in [2.45, 2.75) is 28.9 Å². The number of ketones is 2. The van der Waals surface area contributed by atoms with Gasteiger partial charge in [0.1, 0.15) is 0 Å². The summed E-state index contributed by atoms with van der Waals surface area (Å²) in [4.78, 5) is 25.3. The van der Waals surface area contributed by atoms with E-state index in [0.29, 0.717) is 0 Å². The molecule has 3 heteroatoms. The average molecular weight is 357 g/mol. The molecule has 2 aromatic carbocycles. The van der Waals surface area contributed by atoms with Crippen LogP contribution in [-0.2, 0) is 0 Å². The summed E-state index contributed by atoms with van der Waals surface area (Å²) in [5, 5.41) is 0. The van der Waals surface area contributed by atoms with Crippen LogP contribution in [0.1, 0.15) is 40.0 Å². The van der Waals surface area contributed by atoms with Gasteiger partial charge in [-0.1, -0.05) is 0 Å². The van der Waals surface area contributed by atoms with E-state index in [1.54, 1.807) is 0 Å². The SMILES string of the molecule is O=C(c1ccccc1)[C@@H]1CCC[C@@H](C(=O)c2ccccc2)[Se]1. The van der Waals surface area contributed by atoms with E-state index in [0.717, 1.165) is 30.4 Å². The minimum atomic E-state index is 0.0398. The van der Waals surface area contributed by atoms with Gasteiger partial charge in [-0.15, -0.1) is 0 Å². The number of Topliss-reactive ketones (excluding diaryl/α,β-unsaturated/α-hetero) is 2. The third-order valence-electron chi connectivity index (χ3n) is 3.96. The monoisotopic (exact) mass is 358 g/mol. The Balaban J connectivity index is 1.72. The van der Waals surface area contributed by atoms with E-state index in [1.807, 2.05) is 60.7 Å². The van der Waals surface area contributed by atoms with Crippen molar-refractivity contribution in [2.75, 3.05) is 0 Å². The maximum atomic E-state index is 12.6. The van der Waals surface area contributed by atoms with Gasteiger partial charge in [0.05, 0.1) is 0 Å². The number of carbonyl (C=O) groups is 2. The van der Waals surface area contributed by atoms with Gasteiger partial charge in [-0.2, -0.15) is 0 Å². The van der Waals surface area contributed by atoms with Gasteiger partial charge in [-0.3, -0.25) is 0 Å². The standard InChI is InChI=1S/C19H18O2Se/c20-18(14-8-3-1-4-9-14)16-12-7-13-17(22-16)19(21)15-10-5-2-6-11-15/h1-6,8-11,16-17H,7,12-13H2/t16-,17-/m0/s1. The Kier molecular flexibility index (Phi) is 4.87. The first-order valence-electron chi connectivity index (χ1n) is 7.59. The van der Waals surface area contributed by atoms with Gasteiger partial charge in [0.25, 0.3) is 0 Å². The van der Waals surface area contributed by atoms with E-state index in [9.17, 15) is 9.59 Å². The molecule has 2 nitrogen and oxygen atoms in total. The fourth-order valence-electron chi connectivity index (χ4n) is 2.79. The zero-order chi connectivity index (χ0) is 15.4. The van der Waals surface area contributed by atoms with Crippen molar-refractivity contribution < 1.29 is 9.59 Å². The predicted octanol–water partition coefficient (Wildman–Crippen LogP) is 4.22. The summed E-state index contributed by atoms with van der Waals surface area (Å²) in [5.41, 5.74) is 1.56. The Labute approximate surface area is 137 Å². The fourth-order valence-corrected chi connectivity index (χ4v) is 5.98. The molecule has 2 aromatic rings. The molecule has 0 radical (unpaired) electrons. The second kappa shape index (κ2) is 7.04. The molecule has 0 unspecified atom stereocenters. The topological polar surface area (TPSA) is 34.1 Å². The third-order valence-corrected chi connectivity index (χ3v) is 7.23. The van der Waals surface area contributed by atoms with E-state index >= 15 is 0 Å². The first-order chi connectivity index (χ1) is 10.8. The van der Waals surface area contributed by atoms with Crippen molar-refractivity contribution >= 4 is 26.5 Å². The molecule has 0 spiro atoms. The van der Waals surface area contributed by atoms with Crippen LogP contribution in [0.5, 0.6) is 0 Å². The second-order valence-corrected chi connectivity index (χ2v) is 8.46. The molecule has 22 heavy (non-hydrogen) atoms. The molecule has 1 fully saturated rings. The number of rotatable bonds is 4. The maximum absolute atomic E-state index is 12.6. The summed E-state index contributed by atoms with van der Waals surface area (Å²) in [7, 11) is 0. The van der Waals surface area contributed by atoms with Crippen LogP contribution in [0.3, 0.4) is 0 Å². The van der Waals surface area contributed by atoms with Crippen LogP contribution >= 0.6 is 0 Å². The molecular weight excluding hydrogens is 339 g/mol. The summed E-state index contributed by atoms with van der Waals surface area (Å²) in [6, 6.07) is 18.9. The molecule has 1 aliphatic heterocycles. The molecule has 0 amide bonds. The van der Waals surface area contributed by atoms with Gasteiger partial charge in [0.2, 0.25) is 0 Å². The van der Waals surface area contributed by atoms with Crippen molar-refractivity contribution in [3.63, 3.8) is 0 Å². The van der Waals surface area contributed by atoms with E-state index in [1.165, 1.54) is 0 Å². The average Bonchev–Trinajstić information content (AvgIpc) is 2.62. The fraction of sp³-hybridized carbons (Fsp3) is 0.263. The normalized spacial score (nSPS) is 21.3. The number of hydrogen-bond donors (Lipinski definition) is 0. The molecule has 0 aromatic heterocycles. The Morgan fingerprint density at radius 3 is 1.55 bits per heavy atom. The van der Waals surface area contributed by atoms with Crippen LogP contribution in [0.15, 0.2) is 60.7 Å². The molecule has 1 aliphatic rings. The Morgan fingerprint density at radius 2 is 1.14 bits per heavy atom. The number of carbonyl (C=O) groups excluding carboxylic acids is 2. The summed E-state index contributed by atoms with van der Waals surface area (Å²) < 4.78 is 0. The molecule has 2 atom stereocenters. The third kappa shape index (κ3) is 3.37. The van der Waals surface area contributed by atoms with E-state index in [-0.39, 0.29) is 36.2 Å². The molecule has 1 saturated heterocycles. The second-order valence-electron chi connectivity index (χ2n) is 5.50. The van der Waals surface area contributed by atoms with E-state index in [2.05, 4.69) is 0 Å². The van der Waals surface area contributed by atoms with Crippen LogP contribution < -0.4 is 0 Å². The first kappa shape index (κ1) is 15.2. The molecule has 0 bridgehead atoms. The van der Waals surface area contributed by atoms with Gasteiger partial charge in [0.15, 0.2) is 0 Å². The summed E-state index contributed by atoms with van der Waals surface area (Å²) in [6.07, 6.45) is 2.81. The number of hydrogen-bond acceptors (Lipinski definition) is 2. The Hall–Kier alpha value is -1.70. The first-order valence-corrected chi connectivity index (χ1v) is 9.57. The van der Waals surface area contributed by atoms with Crippen LogP contribution in [0.4, 0.5) is 0 Å². The van der Waals surface area contributed by atoms with Crippen LogP contribution in [0, 0.1) is 0 Å². The van der Waals surface area contributed by atoms with Crippen LogP contribution in [0.25, 0.3) is 0 Å². The quantitative estimate of drug-likeness (QED) is 0.607. The van der Waals surface area contributed by atoms with Gasteiger partial charge >= 0.3 is 137 Å². The summed E-state index contributed by atoms with van der Waals surface area (Å²) in [6.45, 7) is 0. The summed E-state index contributed by atoms with van der Waals surface area (Å²) >= 11 is 0.0398. The zero-order valence-electron chi connectivity index (χ0n) is 12.3. The Bertz CT molecular complexity index is 594. The van der Waals surface area contributed by atoms with Crippen LogP contribution in [0.2, 0.25) is 9.63 Å². The van der Waals surface area contributed by atoms with Gasteiger partial charge < -0.3 is 0 Å². The van der Waals surface area contributed by atoms with Crippen molar-refractivity contribution in [1.29, 1.82) is 0 Å². The molecular formula is C19H18O2Se. The van der Waals surface area contributed by atoms with Crippen molar-refractivity contribution in [3.8, 4) is 0 Å². The molecule has 0 N–H and O–H groups in total. The zero-order valence-corrected chi connectivity index (χ0v) is 14.0. The minimum absolute atomic E-state index is 0.0398. The van der Waals surface area contributed by atoms with Gasteiger partial charge in [-0.05, 0) is 0 Å². The Morgan fingerprint density at radius 1 is 0.727 bits per heavy atom. The molecule has 1 heterocycles. The predicted molar refractivity (Wildman–Crippen MR) is 88.7 cm³/mol. The van der Waals surface area contributed by atoms with Crippen molar-refractivity contribution in [1.82, 2.24) is 0 Å². The summed E-state index contributed by atoms with van der Waals surface area (Å²) in [5.74, 6) is 0.428. The van der Waals surface area contributed by atoms with E-state index in [4.69, 9.17) is 0 Å².